The molecule has 8 nitrogen and oxygen atoms in total. The summed E-state index contributed by atoms with van der Waals surface area (Å²) in [6.07, 6.45) is 6.54. The highest BCUT2D eigenvalue weighted by atomic mass is 16.5. The third kappa shape index (κ3) is 6.21. The second-order valence-electron chi connectivity index (χ2n) is 10.1. The lowest BCUT2D eigenvalue weighted by Gasteiger charge is -2.33. The highest BCUT2D eigenvalue weighted by Gasteiger charge is 2.37. The van der Waals surface area contributed by atoms with E-state index in [1.54, 1.807) is 24.3 Å². The summed E-state index contributed by atoms with van der Waals surface area (Å²) in [7, 11) is 4.57. The Morgan fingerprint density at radius 3 is 2.05 bits per heavy atom. The van der Waals surface area contributed by atoms with Crippen molar-refractivity contribution < 1.29 is 28.2 Å². The monoisotopic (exact) mass is 534 g/mol. The summed E-state index contributed by atoms with van der Waals surface area (Å²) in [5.41, 5.74) is 2.21. The number of rotatable bonds is 10. The lowest BCUT2D eigenvalue weighted by Crippen LogP contribution is -2.47. The molecule has 3 aromatic rings. The molecular formula is C31H38N2O6. The van der Waals surface area contributed by atoms with Gasteiger partial charge in [-0.2, -0.15) is 0 Å². The predicted molar refractivity (Wildman–Crippen MR) is 150 cm³/mol. The summed E-state index contributed by atoms with van der Waals surface area (Å²) in [5, 5.41) is 3.22. The van der Waals surface area contributed by atoms with Crippen molar-refractivity contribution in [3.05, 3.63) is 71.7 Å². The quantitative estimate of drug-likeness (QED) is 0.330. The molecule has 2 amide bonds. The minimum atomic E-state index is -1.04. The van der Waals surface area contributed by atoms with E-state index in [0.717, 1.165) is 37.7 Å². The third-order valence-electron chi connectivity index (χ3n) is 7.25. The molecule has 0 bridgehead atoms. The molecule has 1 aliphatic carbocycles. The molecule has 0 radical (unpaired) electrons. The molecule has 0 unspecified atom stereocenters. The second-order valence-corrected chi connectivity index (χ2v) is 10.1. The number of carbonyl (C=O) groups excluding carboxylic acids is 2. The molecule has 2 aromatic carbocycles. The standard InChI is InChI=1S/C31H38N2O6/c1-20(2)21-13-15-24(16-14-21)33(31(35)25-12-9-17-39-25)28(30(34)32-23-10-7-6-8-11-23)22-18-26(36-3)29(38-5)27(19-22)37-4/h9,12-20,23,28H,6-8,10-11H2,1-5H3,(H,32,34)/t28-/m0/s1. The number of hydrogen-bond donors (Lipinski definition) is 1. The van der Waals surface area contributed by atoms with Gasteiger partial charge in [-0.15, -0.1) is 0 Å². The second kappa shape index (κ2) is 12.7. The lowest BCUT2D eigenvalue weighted by atomic mass is 9.94. The molecule has 1 aliphatic rings. The van der Waals surface area contributed by atoms with E-state index in [0.29, 0.717) is 34.4 Å². The van der Waals surface area contributed by atoms with Gasteiger partial charge < -0.3 is 23.9 Å². The zero-order chi connectivity index (χ0) is 27.9. The van der Waals surface area contributed by atoms with Gasteiger partial charge in [-0.05, 0) is 66.3 Å². The van der Waals surface area contributed by atoms with Crippen molar-refractivity contribution in [1.29, 1.82) is 0 Å². The van der Waals surface area contributed by atoms with Gasteiger partial charge in [0.05, 0.1) is 27.6 Å². The first-order valence-electron chi connectivity index (χ1n) is 13.4. The Balaban J connectivity index is 1.89. The highest BCUT2D eigenvalue weighted by molar-refractivity contribution is 6.08. The van der Waals surface area contributed by atoms with Crippen LogP contribution in [0.4, 0.5) is 5.69 Å². The van der Waals surface area contributed by atoms with E-state index in [4.69, 9.17) is 18.6 Å². The summed E-state index contributed by atoms with van der Waals surface area (Å²) in [5.74, 6) is 0.907. The van der Waals surface area contributed by atoms with Gasteiger partial charge in [0, 0.05) is 11.7 Å². The number of methoxy groups -OCH3 is 3. The van der Waals surface area contributed by atoms with Crippen LogP contribution < -0.4 is 24.4 Å². The van der Waals surface area contributed by atoms with Crippen LogP contribution in [-0.4, -0.2) is 39.2 Å². The van der Waals surface area contributed by atoms with E-state index in [-0.39, 0.29) is 17.7 Å². The number of nitrogens with one attached hydrogen (secondary N) is 1. The first-order chi connectivity index (χ1) is 18.9. The summed E-state index contributed by atoms with van der Waals surface area (Å²) < 4.78 is 22.2. The topological polar surface area (TPSA) is 90.2 Å². The van der Waals surface area contributed by atoms with Gasteiger partial charge in [-0.1, -0.05) is 45.2 Å². The molecule has 1 fully saturated rings. The summed E-state index contributed by atoms with van der Waals surface area (Å²) in [4.78, 5) is 29.7. The molecule has 39 heavy (non-hydrogen) atoms. The average molecular weight is 535 g/mol. The largest absolute Gasteiger partial charge is 0.493 e. The minimum Gasteiger partial charge on any atom is -0.493 e. The molecule has 0 saturated heterocycles. The molecule has 8 heteroatoms. The number of ether oxygens (including phenoxy) is 3. The van der Waals surface area contributed by atoms with Crippen LogP contribution >= 0.6 is 0 Å². The Hall–Kier alpha value is -3.94. The van der Waals surface area contributed by atoms with Gasteiger partial charge in [0.2, 0.25) is 11.7 Å². The zero-order valence-corrected chi connectivity index (χ0v) is 23.4. The van der Waals surface area contributed by atoms with Crippen molar-refractivity contribution in [2.24, 2.45) is 0 Å². The Morgan fingerprint density at radius 2 is 1.54 bits per heavy atom. The van der Waals surface area contributed by atoms with E-state index < -0.39 is 11.9 Å². The Kier molecular flexibility index (Phi) is 9.17. The number of nitrogens with zero attached hydrogens (tertiary/aromatic N) is 1. The molecule has 1 aromatic heterocycles. The van der Waals surface area contributed by atoms with Crippen molar-refractivity contribution >= 4 is 17.5 Å². The third-order valence-corrected chi connectivity index (χ3v) is 7.25. The van der Waals surface area contributed by atoms with Crippen LogP contribution in [0.15, 0.2) is 59.2 Å². The molecule has 208 valence electrons. The fourth-order valence-electron chi connectivity index (χ4n) is 5.13. The number of amides is 2. The van der Waals surface area contributed by atoms with E-state index in [9.17, 15) is 9.59 Å². The van der Waals surface area contributed by atoms with Crippen LogP contribution in [0.25, 0.3) is 0 Å². The molecule has 0 spiro atoms. The maximum atomic E-state index is 14.2. The van der Waals surface area contributed by atoms with Crippen LogP contribution in [-0.2, 0) is 4.79 Å². The Bertz CT molecular complexity index is 1220. The van der Waals surface area contributed by atoms with Gasteiger partial charge >= 0.3 is 0 Å². The van der Waals surface area contributed by atoms with Crippen LogP contribution in [0, 0.1) is 0 Å². The van der Waals surface area contributed by atoms with E-state index >= 15 is 0 Å². The maximum Gasteiger partial charge on any atom is 0.294 e. The van der Waals surface area contributed by atoms with Gasteiger partial charge in [0.1, 0.15) is 6.04 Å². The van der Waals surface area contributed by atoms with Crippen molar-refractivity contribution in [2.45, 2.75) is 64.0 Å². The van der Waals surface area contributed by atoms with Gasteiger partial charge in [-0.3, -0.25) is 14.5 Å². The predicted octanol–water partition coefficient (Wildman–Crippen LogP) is 6.27. The van der Waals surface area contributed by atoms with Gasteiger partial charge in [-0.25, -0.2) is 0 Å². The Labute approximate surface area is 230 Å². The van der Waals surface area contributed by atoms with Crippen molar-refractivity contribution in [3.63, 3.8) is 0 Å². The smallest absolute Gasteiger partial charge is 0.294 e. The fourth-order valence-corrected chi connectivity index (χ4v) is 5.13. The number of furan rings is 1. The summed E-state index contributed by atoms with van der Waals surface area (Å²) in [6.45, 7) is 4.22. The zero-order valence-electron chi connectivity index (χ0n) is 23.4. The maximum absolute atomic E-state index is 14.2. The average Bonchev–Trinajstić information content (AvgIpc) is 3.50. The normalized spacial score (nSPS) is 14.5. The molecular weight excluding hydrogens is 496 g/mol. The first kappa shape index (κ1) is 28.1. The summed E-state index contributed by atoms with van der Waals surface area (Å²) in [6, 6.07) is 13.4. The summed E-state index contributed by atoms with van der Waals surface area (Å²) >= 11 is 0. The lowest BCUT2D eigenvalue weighted by molar-refractivity contribution is -0.123. The van der Waals surface area contributed by atoms with Crippen molar-refractivity contribution in [1.82, 2.24) is 5.32 Å². The van der Waals surface area contributed by atoms with E-state index in [2.05, 4.69) is 19.2 Å². The van der Waals surface area contributed by atoms with E-state index in [1.165, 1.54) is 32.5 Å². The Morgan fingerprint density at radius 1 is 0.897 bits per heavy atom. The number of carbonyl (C=O) groups is 2. The first-order valence-corrected chi connectivity index (χ1v) is 13.4. The van der Waals surface area contributed by atoms with Crippen LogP contribution in [0.3, 0.4) is 0 Å². The molecule has 0 aliphatic heterocycles. The molecule has 1 saturated carbocycles. The van der Waals surface area contributed by atoms with Crippen molar-refractivity contribution in [2.75, 3.05) is 26.2 Å². The highest BCUT2D eigenvalue weighted by Crippen LogP contribution is 2.42. The fraction of sp³-hybridized carbons (Fsp3) is 0.419. The minimum absolute atomic E-state index is 0.0414. The molecule has 1 atom stereocenters. The number of anilines is 1. The number of benzene rings is 2. The number of hydrogen-bond acceptors (Lipinski definition) is 6. The molecule has 1 N–H and O–H groups in total. The SMILES string of the molecule is COc1cc([C@@H](C(=O)NC2CCCCC2)N(C(=O)c2ccco2)c2ccc(C(C)C)cc2)cc(OC)c1OC. The van der Waals surface area contributed by atoms with Gasteiger partial charge in [0.15, 0.2) is 17.3 Å². The molecule has 4 rings (SSSR count). The van der Waals surface area contributed by atoms with Crippen LogP contribution in [0.5, 0.6) is 17.2 Å². The van der Waals surface area contributed by atoms with Crippen LogP contribution in [0.2, 0.25) is 0 Å². The molecule has 1 heterocycles. The van der Waals surface area contributed by atoms with Gasteiger partial charge in [0.25, 0.3) is 5.91 Å². The van der Waals surface area contributed by atoms with Crippen molar-refractivity contribution in [3.8, 4) is 17.2 Å². The van der Waals surface area contributed by atoms with E-state index in [1.807, 2.05) is 24.3 Å². The van der Waals surface area contributed by atoms with Crippen LogP contribution in [0.1, 0.15) is 79.6 Å².